The van der Waals surface area contributed by atoms with Crippen molar-refractivity contribution in [1.82, 2.24) is 5.32 Å². The van der Waals surface area contributed by atoms with Crippen molar-refractivity contribution >= 4 is 11.7 Å². The number of hydrogen-bond donors (Lipinski definition) is 1. The minimum Gasteiger partial charge on any atom is -0.328 e. The van der Waals surface area contributed by atoms with Crippen molar-refractivity contribution < 1.29 is 9.59 Å². The van der Waals surface area contributed by atoms with Gasteiger partial charge in [0.05, 0.1) is 5.57 Å². The molecule has 1 amide bonds. The van der Waals surface area contributed by atoms with Crippen LogP contribution in [0, 0.1) is 0 Å². The molecule has 3 nitrogen and oxygen atoms in total. The number of unbranched alkanes of at least 4 members (excludes halogenated alkanes) is 14. The minimum atomic E-state index is -0.207. The lowest BCUT2D eigenvalue weighted by molar-refractivity contribution is -0.123. The topological polar surface area (TPSA) is 46.2 Å². The average molecular weight is 336 g/mol. The monoisotopic (exact) mass is 335 g/mol. The highest BCUT2D eigenvalue weighted by atomic mass is 16.2. The maximum atomic E-state index is 11.6. The number of nitrogens with one attached hydrogen (secondary N) is 1. The maximum absolute atomic E-state index is 11.6. The maximum Gasteiger partial charge on any atom is 0.260 e. The first-order valence-corrected chi connectivity index (χ1v) is 10.3. The SMILES string of the molecule is CCCCCCCCCCCCCCCCCC(=O)C1=CNC1=O. The molecule has 1 aliphatic heterocycles. The molecule has 3 heteroatoms. The molecule has 138 valence electrons. The fraction of sp³-hybridized carbons (Fsp3) is 0.810. The quantitative estimate of drug-likeness (QED) is 0.268. The van der Waals surface area contributed by atoms with Gasteiger partial charge in [-0.15, -0.1) is 0 Å². The van der Waals surface area contributed by atoms with E-state index >= 15 is 0 Å². The molecule has 0 saturated heterocycles. The molecule has 0 saturated carbocycles. The van der Waals surface area contributed by atoms with Crippen molar-refractivity contribution in [3.63, 3.8) is 0 Å². The van der Waals surface area contributed by atoms with Gasteiger partial charge in [-0.3, -0.25) is 9.59 Å². The Morgan fingerprint density at radius 1 is 0.750 bits per heavy atom. The average Bonchev–Trinajstić information content (AvgIpc) is 2.57. The van der Waals surface area contributed by atoms with Crippen LogP contribution in [0.15, 0.2) is 11.8 Å². The summed E-state index contributed by atoms with van der Waals surface area (Å²) in [5.41, 5.74) is 0.361. The molecule has 0 aromatic carbocycles. The van der Waals surface area contributed by atoms with Gasteiger partial charge >= 0.3 is 0 Å². The van der Waals surface area contributed by atoms with Crippen molar-refractivity contribution in [2.24, 2.45) is 0 Å². The highest BCUT2D eigenvalue weighted by Crippen LogP contribution is 2.15. The summed E-state index contributed by atoms with van der Waals surface area (Å²) in [6.07, 6.45) is 21.9. The van der Waals surface area contributed by atoms with Gasteiger partial charge in [-0.05, 0) is 6.42 Å². The fourth-order valence-corrected chi connectivity index (χ4v) is 3.20. The molecule has 0 aliphatic carbocycles. The molecule has 0 fully saturated rings. The molecule has 1 aliphatic rings. The van der Waals surface area contributed by atoms with Gasteiger partial charge in [0.2, 0.25) is 0 Å². The van der Waals surface area contributed by atoms with Gasteiger partial charge < -0.3 is 5.32 Å². The number of carbonyl (C=O) groups is 2. The van der Waals surface area contributed by atoms with Crippen LogP contribution in [-0.2, 0) is 9.59 Å². The zero-order chi connectivity index (χ0) is 17.5. The summed E-state index contributed by atoms with van der Waals surface area (Å²) >= 11 is 0. The molecular weight excluding hydrogens is 298 g/mol. The zero-order valence-corrected chi connectivity index (χ0v) is 15.7. The molecule has 1 rings (SSSR count). The van der Waals surface area contributed by atoms with Crippen LogP contribution in [0.5, 0.6) is 0 Å². The van der Waals surface area contributed by atoms with E-state index in [4.69, 9.17) is 0 Å². The van der Waals surface area contributed by atoms with Crippen LogP contribution in [0.1, 0.15) is 110 Å². The van der Waals surface area contributed by atoms with Gasteiger partial charge in [-0.2, -0.15) is 0 Å². The molecule has 0 aromatic rings. The summed E-state index contributed by atoms with van der Waals surface area (Å²) in [4.78, 5) is 22.7. The van der Waals surface area contributed by atoms with E-state index < -0.39 is 0 Å². The Morgan fingerprint density at radius 3 is 1.50 bits per heavy atom. The Balaban J connectivity index is 1.73. The van der Waals surface area contributed by atoms with E-state index in [1.165, 1.54) is 89.7 Å². The van der Waals surface area contributed by atoms with Crippen molar-refractivity contribution in [3.8, 4) is 0 Å². The third-order valence-corrected chi connectivity index (χ3v) is 4.90. The Bertz CT molecular complexity index is 387. The lowest BCUT2D eigenvalue weighted by Crippen LogP contribution is -2.34. The van der Waals surface area contributed by atoms with E-state index in [9.17, 15) is 9.59 Å². The molecular formula is C21H37NO2. The third kappa shape index (κ3) is 9.89. The van der Waals surface area contributed by atoms with Crippen molar-refractivity contribution in [3.05, 3.63) is 11.8 Å². The van der Waals surface area contributed by atoms with Crippen LogP contribution in [0.2, 0.25) is 0 Å². The number of Topliss-reactive ketones (excluding diaryl/α,β-unsaturated/α-hetero) is 1. The smallest absolute Gasteiger partial charge is 0.260 e. The predicted molar refractivity (Wildman–Crippen MR) is 101 cm³/mol. The summed E-state index contributed by atoms with van der Waals surface area (Å²) in [5, 5.41) is 2.47. The first kappa shape index (κ1) is 20.9. The Hall–Kier alpha value is -1.12. The second kappa shape index (κ2) is 14.2. The summed E-state index contributed by atoms with van der Waals surface area (Å²) in [5.74, 6) is -0.200. The zero-order valence-electron chi connectivity index (χ0n) is 15.7. The van der Waals surface area contributed by atoms with E-state index in [1.807, 2.05) is 0 Å². The number of rotatable bonds is 17. The molecule has 0 radical (unpaired) electrons. The van der Waals surface area contributed by atoms with E-state index in [0.717, 1.165) is 12.8 Å². The second-order valence-electron chi connectivity index (χ2n) is 7.15. The second-order valence-corrected chi connectivity index (χ2v) is 7.15. The third-order valence-electron chi connectivity index (χ3n) is 4.90. The fourth-order valence-electron chi connectivity index (χ4n) is 3.20. The Morgan fingerprint density at radius 2 is 1.17 bits per heavy atom. The first-order valence-electron chi connectivity index (χ1n) is 10.3. The number of ketones is 1. The van der Waals surface area contributed by atoms with Crippen molar-refractivity contribution in [1.29, 1.82) is 0 Å². The van der Waals surface area contributed by atoms with Crippen LogP contribution in [0.4, 0.5) is 0 Å². The van der Waals surface area contributed by atoms with Crippen molar-refractivity contribution in [2.75, 3.05) is 0 Å². The molecule has 1 N–H and O–H groups in total. The van der Waals surface area contributed by atoms with E-state index in [2.05, 4.69) is 12.2 Å². The molecule has 0 unspecified atom stereocenters. The van der Waals surface area contributed by atoms with Gasteiger partial charge in [0.15, 0.2) is 5.78 Å². The molecule has 0 bridgehead atoms. The van der Waals surface area contributed by atoms with Crippen molar-refractivity contribution in [2.45, 2.75) is 110 Å². The molecule has 0 aromatic heterocycles. The predicted octanol–water partition coefficient (Wildman–Crippen LogP) is 5.83. The summed E-state index contributed by atoms with van der Waals surface area (Å²) < 4.78 is 0. The Kier molecular flexibility index (Phi) is 12.4. The van der Waals surface area contributed by atoms with Crippen LogP contribution in [-0.4, -0.2) is 11.7 Å². The van der Waals surface area contributed by atoms with Gasteiger partial charge in [0.1, 0.15) is 0 Å². The number of carbonyl (C=O) groups excluding carboxylic acids is 2. The van der Waals surface area contributed by atoms with Gasteiger partial charge in [-0.25, -0.2) is 0 Å². The lowest BCUT2D eigenvalue weighted by atomic mass is 10.0. The Labute approximate surface area is 148 Å². The normalized spacial score (nSPS) is 13.4. The van der Waals surface area contributed by atoms with Crippen LogP contribution >= 0.6 is 0 Å². The number of hydrogen-bond acceptors (Lipinski definition) is 2. The number of amides is 1. The minimum absolute atomic E-state index is 0.00782. The van der Waals surface area contributed by atoms with Crippen LogP contribution in [0.3, 0.4) is 0 Å². The van der Waals surface area contributed by atoms with Crippen LogP contribution < -0.4 is 5.32 Å². The summed E-state index contributed by atoms with van der Waals surface area (Å²) in [7, 11) is 0. The standard InChI is InChI=1S/C21H37NO2/c1-2-3-4-5-6-7-8-9-10-11-12-13-14-15-16-17-20(23)19-18-22-21(19)24/h18H,2-17H2,1H3,(H,22,24). The van der Waals surface area contributed by atoms with E-state index in [-0.39, 0.29) is 11.7 Å². The van der Waals surface area contributed by atoms with Crippen LogP contribution in [0.25, 0.3) is 0 Å². The lowest BCUT2D eigenvalue weighted by Gasteiger charge is -2.12. The van der Waals surface area contributed by atoms with E-state index in [0.29, 0.717) is 12.0 Å². The van der Waals surface area contributed by atoms with E-state index in [1.54, 1.807) is 0 Å². The van der Waals surface area contributed by atoms with Gasteiger partial charge in [0.25, 0.3) is 5.91 Å². The highest BCUT2D eigenvalue weighted by molar-refractivity contribution is 6.23. The molecule has 0 spiro atoms. The first-order chi connectivity index (χ1) is 11.8. The molecule has 0 atom stereocenters. The van der Waals surface area contributed by atoms with Gasteiger partial charge in [-0.1, -0.05) is 96.8 Å². The largest absolute Gasteiger partial charge is 0.328 e. The highest BCUT2D eigenvalue weighted by Gasteiger charge is 2.23. The summed E-state index contributed by atoms with van der Waals surface area (Å²) in [6, 6.07) is 0. The summed E-state index contributed by atoms with van der Waals surface area (Å²) in [6.45, 7) is 2.27. The molecule has 1 heterocycles. The molecule has 24 heavy (non-hydrogen) atoms. The van der Waals surface area contributed by atoms with Gasteiger partial charge in [0, 0.05) is 12.6 Å².